The average molecular weight is 289 g/mol. The number of sulfonamides is 1. The molecule has 0 radical (unpaired) electrons. The number of carbonyl (C=O) groups excluding carboxylic acids is 1. The Labute approximate surface area is 115 Å². The van der Waals surface area contributed by atoms with Crippen LogP contribution in [-0.2, 0) is 14.8 Å². The molecule has 0 saturated carbocycles. The highest BCUT2D eigenvalue weighted by molar-refractivity contribution is 7.89. The van der Waals surface area contributed by atoms with Gasteiger partial charge in [-0.25, -0.2) is 12.7 Å². The molecule has 7 heteroatoms. The van der Waals surface area contributed by atoms with Gasteiger partial charge in [0.05, 0.1) is 5.75 Å². The van der Waals surface area contributed by atoms with Gasteiger partial charge in [0, 0.05) is 45.2 Å². The molecule has 0 bridgehead atoms. The van der Waals surface area contributed by atoms with E-state index in [-0.39, 0.29) is 17.6 Å². The lowest BCUT2D eigenvalue weighted by atomic mass is 9.96. The minimum atomic E-state index is -3.10. The Hall–Kier alpha value is -0.660. The first kappa shape index (κ1) is 14.7. The third-order valence-electron chi connectivity index (χ3n) is 3.99. The number of nitrogens with one attached hydrogen (secondary N) is 1. The number of hydrogen-bond donors (Lipinski definition) is 1. The third-order valence-corrected chi connectivity index (χ3v) is 5.87. The molecule has 110 valence electrons. The van der Waals surface area contributed by atoms with Crippen molar-refractivity contribution in [2.45, 2.75) is 19.8 Å². The van der Waals surface area contributed by atoms with Crippen molar-refractivity contribution in [2.24, 2.45) is 5.92 Å². The molecular weight excluding hydrogens is 266 g/mol. The maximum absolute atomic E-state index is 12.3. The summed E-state index contributed by atoms with van der Waals surface area (Å²) in [5, 5.41) is 3.23. The molecule has 0 aromatic heterocycles. The zero-order valence-corrected chi connectivity index (χ0v) is 12.3. The predicted molar refractivity (Wildman–Crippen MR) is 73.2 cm³/mol. The first-order valence-electron chi connectivity index (χ1n) is 7.02. The van der Waals surface area contributed by atoms with Gasteiger partial charge in [-0.3, -0.25) is 4.79 Å². The van der Waals surface area contributed by atoms with Gasteiger partial charge in [0.15, 0.2) is 0 Å². The second-order valence-corrected chi connectivity index (χ2v) is 7.41. The molecule has 0 spiro atoms. The van der Waals surface area contributed by atoms with Crippen LogP contribution in [0.2, 0.25) is 0 Å². The highest BCUT2D eigenvalue weighted by Crippen LogP contribution is 2.22. The fraction of sp³-hybridized carbons (Fsp3) is 0.917. The number of piperidine rings is 1. The van der Waals surface area contributed by atoms with Crippen LogP contribution < -0.4 is 5.32 Å². The molecule has 0 aromatic carbocycles. The number of nitrogens with zero attached hydrogens (tertiary/aromatic N) is 2. The minimum Gasteiger partial charge on any atom is -0.340 e. The van der Waals surface area contributed by atoms with Gasteiger partial charge in [-0.1, -0.05) is 0 Å². The average Bonchev–Trinajstić information content (AvgIpc) is 2.47. The van der Waals surface area contributed by atoms with Crippen molar-refractivity contribution in [1.29, 1.82) is 0 Å². The smallest absolute Gasteiger partial charge is 0.225 e. The summed E-state index contributed by atoms with van der Waals surface area (Å²) >= 11 is 0. The standard InChI is InChI=1S/C12H23N3O3S/c1-2-19(17,18)15-7-3-11(4-8-15)12(16)14-9-5-13-6-10-14/h11,13H,2-10H2,1H3. The van der Waals surface area contributed by atoms with Crippen molar-refractivity contribution < 1.29 is 13.2 Å². The quantitative estimate of drug-likeness (QED) is 0.759. The molecule has 1 amide bonds. The van der Waals surface area contributed by atoms with Crippen molar-refractivity contribution in [1.82, 2.24) is 14.5 Å². The summed E-state index contributed by atoms with van der Waals surface area (Å²) in [7, 11) is -3.10. The van der Waals surface area contributed by atoms with Crippen LogP contribution in [0.4, 0.5) is 0 Å². The van der Waals surface area contributed by atoms with Crippen molar-refractivity contribution in [3.63, 3.8) is 0 Å². The zero-order chi connectivity index (χ0) is 13.9. The van der Waals surface area contributed by atoms with E-state index in [1.165, 1.54) is 4.31 Å². The molecule has 1 N–H and O–H groups in total. The molecule has 2 saturated heterocycles. The third kappa shape index (κ3) is 3.46. The summed E-state index contributed by atoms with van der Waals surface area (Å²) in [5.41, 5.74) is 0. The van der Waals surface area contributed by atoms with Crippen LogP contribution in [-0.4, -0.2) is 68.6 Å². The monoisotopic (exact) mass is 289 g/mol. The van der Waals surface area contributed by atoms with E-state index in [0.717, 1.165) is 26.2 Å². The van der Waals surface area contributed by atoms with Crippen LogP contribution in [0.1, 0.15) is 19.8 Å². The molecular formula is C12H23N3O3S. The molecule has 2 aliphatic heterocycles. The summed E-state index contributed by atoms with van der Waals surface area (Å²) in [6.07, 6.45) is 1.31. The maximum atomic E-state index is 12.3. The van der Waals surface area contributed by atoms with E-state index in [4.69, 9.17) is 0 Å². The van der Waals surface area contributed by atoms with Crippen LogP contribution in [0.5, 0.6) is 0 Å². The van der Waals surface area contributed by atoms with E-state index in [1.54, 1.807) is 6.92 Å². The van der Waals surface area contributed by atoms with E-state index < -0.39 is 10.0 Å². The lowest BCUT2D eigenvalue weighted by Crippen LogP contribution is -2.50. The Morgan fingerprint density at radius 2 is 1.74 bits per heavy atom. The number of hydrogen-bond acceptors (Lipinski definition) is 4. The highest BCUT2D eigenvalue weighted by Gasteiger charge is 2.32. The fourth-order valence-corrected chi connectivity index (χ4v) is 3.84. The normalized spacial score (nSPS) is 23.5. The lowest BCUT2D eigenvalue weighted by Gasteiger charge is -2.35. The van der Waals surface area contributed by atoms with Crippen LogP contribution in [0.25, 0.3) is 0 Å². The molecule has 0 unspecified atom stereocenters. The summed E-state index contributed by atoms with van der Waals surface area (Å²) in [4.78, 5) is 14.2. The summed E-state index contributed by atoms with van der Waals surface area (Å²) < 4.78 is 25.0. The Morgan fingerprint density at radius 3 is 2.26 bits per heavy atom. The van der Waals surface area contributed by atoms with E-state index >= 15 is 0 Å². The Kier molecular flexibility index (Phi) is 4.81. The predicted octanol–water partition coefficient (Wildman–Crippen LogP) is -0.520. The molecule has 6 nitrogen and oxygen atoms in total. The first-order chi connectivity index (χ1) is 9.04. The first-order valence-corrected chi connectivity index (χ1v) is 8.63. The van der Waals surface area contributed by atoms with Gasteiger partial charge >= 0.3 is 0 Å². The second kappa shape index (κ2) is 6.19. The van der Waals surface area contributed by atoms with Crippen LogP contribution in [0, 0.1) is 5.92 Å². The SMILES string of the molecule is CCS(=O)(=O)N1CCC(C(=O)N2CCNCC2)CC1. The van der Waals surface area contributed by atoms with Crippen molar-refractivity contribution >= 4 is 15.9 Å². The van der Waals surface area contributed by atoms with Gasteiger partial charge in [-0.15, -0.1) is 0 Å². The van der Waals surface area contributed by atoms with Gasteiger partial charge < -0.3 is 10.2 Å². The van der Waals surface area contributed by atoms with E-state index in [2.05, 4.69) is 5.32 Å². The Balaban J connectivity index is 1.87. The van der Waals surface area contributed by atoms with Crippen molar-refractivity contribution in [3.05, 3.63) is 0 Å². The fourth-order valence-electron chi connectivity index (χ4n) is 2.71. The van der Waals surface area contributed by atoms with Crippen LogP contribution >= 0.6 is 0 Å². The molecule has 0 aliphatic carbocycles. The lowest BCUT2D eigenvalue weighted by molar-refractivity contribution is -0.137. The molecule has 0 aromatic rings. The maximum Gasteiger partial charge on any atom is 0.225 e. The van der Waals surface area contributed by atoms with Gasteiger partial charge in [-0.2, -0.15) is 0 Å². The topological polar surface area (TPSA) is 69.7 Å². The largest absolute Gasteiger partial charge is 0.340 e. The highest BCUT2D eigenvalue weighted by atomic mass is 32.2. The van der Waals surface area contributed by atoms with Crippen LogP contribution in [0.3, 0.4) is 0 Å². The molecule has 19 heavy (non-hydrogen) atoms. The summed E-state index contributed by atoms with van der Waals surface area (Å²) in [6.45, 7) is 5.88. The van der Waals surface area contributed by atoms with Gasteiger partial charge in [0.2, 0.25) is 15.9 Å². The number of rotatable bonds is 3. The molecule has 2 aliphatic rings. The van der Waals surface area contributed by atoms with E-state index in [1.807, 2.05) is 4.90 Å². The van der Waals surface area contributed by atoms with Gasteiger partial charge in [-0.05, 0) is 19.8 Å². The van der Waals surface area contributed by atoms with E-state index in [9.17, 15) is 13.2 Å². The van der Waals surface area contributed by atoms with Crippen LogP contribution in [0.15, 0.2) is 0 Å². The molecule has 2 heterocycles. The van der Waals surface area contributed by atoms with E-state index in [0.29, 0.717) is 25.9 Å². The number of amides is 1. The summed E-state index contributed by atoms with van der Waals surface area (Å²) in [5.74, 6) is 0.347. The summed E-state index contributed by atoms with van der Waals surface area (Å²) in [6, 6.07) is 0. The minimum absolute atomic E-state index is 0.00130. The molecule has 2 fully saturated rings. The Bertz CT molecular complexity index is 410. The van der Waals surface area contributed by atoms with Crippen molar-refractivity contribution in [3.8, 4) is 0 Å². The molecule has 0 atom stereocenters. The molecule has 2 rings (SSSR count). The van der Waals surface area contributed by atoms with Gasteiger partial charge in [0.25, 0.3) is 0 Å². The zero-order valence-electron chi connectivity index (χ0n) is 11.5. The second-order valence-electron chi connectivity index (χ2n) is 5.15. The number of piperazine rings is 1. The van der Waals surface area contributed by atoms with Crippen molar-refractivity contribution in [2.75, 3.05) is 45.0 Å². The number of carbonyl (C=O) groups is 1. The Morgan fingerprint density at radius 1 is 1.16 bits per heavy atom. The van der Waals surface area contributed by atoms with Gasteiger partial charge in [0.1, 0.15) is 0 Å².